The second-order valence-electron chi connectivity index (χ2n) is 6.44. The zero-order valence-corrected chi connectivity index (χ0v) is 13.4. The fourth-order valence-electron chi connectivity index (χ4n) is 3.54. The summed E-state index contributed by atoms with van der Waals surface area (Å²) < 4.78 is 14.3. The molecule has 0 unspecified atom stereocenters. The molecule has 112 valence electrons. The van der Waals surface area contributed by atoms with Crippen LogP contribution in [0.4, 0.5) is 10.1 Å². The van der Waals surface area contributed by atoms with Crippen LogP contribution in [0.25, 0.3) is 0 Å². The van der Waals surface area contributed by atoms with Crippen molar-refractivity contribution in [1.82, 2.24) is 5.32 Å². The van der Waals surface area contributed by atoms with Crippen LogP contribution in [0.2, 0.25) is 0 Å². The maximum atomic E-state index is 14.3. The van der Waals surface area contributed by atoms with Crippen LogP contribution >= 0.6 is 0 Å². The van der Waals surface area contributed by atoms with Gasteiger partial charge >= 0.3 is 0 Å². The zero-order chi connectivity index (χ0) is 14.9. The molecule has 20 heavy (non-hydrogen) atoms. The average Bonchev–Trinajstić information content (AvgIpc) is 2.36. The molecule has 1 aromatic rings. The van der Waals surface area contributed by atoms with Gasteiger partial charge in [0.1, 0.15) is 5.82 Å². The van der Waals surface area contributed by atoms with Crippen LogP contribution in [0.3, 0.4) is 0 Å². The number of benzene rings is 1. The smallest absolute Gasteiger partial charge is 0.129 e. The number of nitrogens with zero attached hydrogens (tertiary/aromatic N) is 1. The molecule has 2 rings (SSSR count). The third kappa shape index (κ3) is 2.69. The van der Waals surface area contributed by atoms with Crippen LogP contribution < -0.4 is 10.2 Å². The van der Waals surface area contributed by atoms with Crippen LogP contribution in [-0.2, 0) is 6.54 Å². The molecule has 0 amide bonds. The van der Waals surface area contributed by atoms with E-state index in [0.29, 0.717) is 12.5 Å². The number of halogens is 1. The van der Waals surface area contributed by atoms with Gasteiger partial charge in [0.15, 0.2) is 0 Å². The average molecular weight is 278 g/mol. The molecule has 1 heterocycles. The molecule has 0 radical (unpaired) electrons. The van der Waals surface area contributed by atoms with Gasteiger partial charge in [0.05, 0.1) is 0 Å². The van der Waals surface area contributed by atoms with Gasteiger partial charge in [-0.2, -0.15) is 0 Å². The van der Waals surface area contributed by atoms with E-state index in [-0.39, 0.29) is 11.4 Å². The number of hydrogen-bond acceptors (Lipinski definition) is 2. The van der Waals surface area contributed by atoms with Crippen molar-refractivity contribution in [3.63, 3.8) is 0 Å². The van der Waals surface area contributed by atoms with Crippen molar-refractivity contribution in [1.29, 1.82) is 0 Å². The maximum Gasteiger partial charge on any atom is 0.129 e. The van der Waals surface area contributed by atoms with Gasteiger partial charge in [0.25, 0.3) is 0 Å². The summed E-state index contributed by atoms with van der Waals surface area (Å²) in [7, 11) is 0. The van der Waals surface area contributed by atoms with E-state index >= 15 is 0 Å². The normalized spacial score (nSPS) is 20.9. The second-order valence-corrected chi connectivity index (χ2v) is 6.44. The highest BCUT2D eigenvalue weighted by molar-refractivity contribution is 5.61. The van der Waals surface area contributed by atoms with Crippen molar-refractivity contribution < 1.29 is 4.39 Å². The molecule has 0 saturated heterocycles. The van der Waals surface area contributed by atoms with Gasteiger partial charge in [-0.05, 0) is 57.4 Å². The number of rotatable bonds is 4. The van der Waals surface area contributed by atoms with Crippen molar-refractivity contribution in [2.75, 3.05) is 18.0 Å². The summed E-state index contributed by atoms with van der Waals surface area (Å²) >= 11 is 0. The molecule has 0 fully saturated rings. The molecular weight excluding hydrogens is 251 g/mol. The van der Waals surface area contributed by atoms with Gasteiger partial charge in [-0.25, -0.2) is 4.39 Å². The minimum absolute atomic E-state index is 0.0898. The Hall–Kier alpha value is -1.09. The Morgan fingerprint density at radius 3 is 2.65 bits per heavy atom. The molecule has 0 bridgehead atoms. The van der Waals surface area contributed by atoms with Gasteiger partial charge < -0.3 is 10.2 Å². The summed E-state index contributed by atoms with van der Waals surface area (Å²) in [5.74, 6) is 0.386. The first-order valence-electron chi connectivity index (χ1n) is 7.71. The van der Waals surface area contributed by atoms with Gasteiger partial charge in [-0.3, -0.25) is 0 Å². The standard InChI is InChI=1S/C17H27FN2/c1-6-19-11-13-8-14-12(3)10-17(4,5)20(7-2)16(14)9-15(13)18/h8-9,12,19H,6-7,10-11H2,1-5H3/t12-/m0/s1. The lowest BCUT2D eigenvalue weighted by molar-refractivity contribution is 0.380. The van der Waals surface area contributed by atoms with Crippen LogP contribution in [0.15, 0.2) is 12.1 Å². The Bertz CT molecular complexity index is 482. The molecule has 0 spiro atoms. The van der Waals surface area contributed by atoms with Gasteiger partial charge in [-0.1, -0.05) is 13.8 Å². The summed E-state index contributed by atoms with van der Waals surface area (Å²) in [6.45, 7) is 13.3. The first-order chi connectivity index (χ1) is 9.40. The van der Waals surface area contributed by atoms with Gasteiger partial charge in [0.2, 0.25) is 0 Å². The highest BCUT2D eigenvalue weighted by Crippen LogP contribution is 2.43. The first-order valence-corrected chi connectivity index (χ1v) is 7.71. The summed E-state index contributed by atoms with van der Waals surface area (Å²) in [5, 5.41) is 3.21. The number of anilines is 1. The molecule has 1 aliphatic heterocycles. The fraction of sp³-hybridized carbons (Fsp3) is 0.647. The quantitative estimate of drug-likeness (QED) is 0.894. The Labute approximate surface area is 122 Å². The number of fused-ring (bicyclic) bond motifs is 1. The number of hydrogen-bond donors (Lipinski definition) is 1. The molecule has 0 aromatic heterocycles. The largest absolute Gasteiger partial charge is 0.366 e. The highest BCUT2D eigenvalue weighted by Gasteiger charge is 2.36. The predicted octanol–water partition coefficient (Wildman–Crippen LogP) is 4.05. The van der Waals surface area contributed by atoms with E-state index in [2.05, 4.69) is 44.0 Å². The zero-order valence-electron chi connectivity index (χ0n) is 13.4. The van der Waals surface area contributed by atoms with Crippen molar-refractivity contribution in [3.8, 4) is 0 Å². The number of nitrogens with one attached hydrogen (secondary N) is 1. The Kier molecular flexibility index (Phi) is 4.38. The summed E-state index contributed by atoms with van der Waals surface area (Å²) in [6.07, 6.45) is 1.11. The van der Waals surface area contributed by atoms with Crippen molar-refractivity contribution in [3.05, 3.63) is 29.1 Å². The van der Waals surface area contributed by atoms with Crippen molar-refractivity contribution in [2.24, 2.45) is 0 Å². The van der Waals surface area contributed by atoms with E-state index in [4.69, 9.17) is 0 Å². The van der Waals surface area contributed by atoms with Crippen molar-refractivity contribution in [2.45, 2.75) is 59.0 Å². The summed E-state index contributed by atoms with van der Waals surface area (Å²) in [4.78, 5) is 2.34. The predicted molar refractivity (Wildman–Crippen MR) is 83.9 cm³/mol. The lowest BCUT2D eigenvalue weighted by atomic mass is 9.79. The molecule has 3 heteroatoms. The minimum Gasteiger partial charge on any atom is -0.366 e. The minimum atomic E-state index is -0.0898. The summed E-state index contributed by atoms with van der Waals surface area (Å²) in [5.41, 5.74) is 3.25. The SMILES string of the molecule is CCNCc1cc2c(cc1F)N(CC)C(C)(C)C[C@@H]2C. The lowest BCUT2D eigenvalue weighted by Gasteiger charge is -2.47. The van der Waals surface area contributed by atoms with Gasteiger partial charge in [0, 0.05) is 29.9 Å². The topological polar surface area (TPSA) is 15.3 Å². The highest BCUT2D eigenvalue weighted by atomic mass is 19.1. The van der Waals surface area contributed by atoms with Crippen LogP contribution in [-0.4, -0.2) is 18.6 Å². The van der Waals surface area contributed by atoms with Crippen LogP contribution in [0.1, 0.15) is 58.1 Å². The molecule has 0 aliphatic carbocycles. The molecule has 1 aromatic carbocycles. The van der Waals surface area contributed by atoms with E-state index in [1.54, 1.807) is 6.07 Å². The molecule has 1 aliphatic rings. The second kappa shape index (κ2) is 5.72. The molecule has 1 N–H and O–H groups in total. The lowest BCUT2D eigenvalue weighted by Crippen LogP contribution is -2.48. The summed E-state index contributed by atoms with van der Waals surface area (Å²) in [6, 6.07) is 3.80. The van der Waals surface area contributed by atoms with Crippen LogP contribution in [0, 0.1) is 5.82 Å². The third-order valence-electron chi connectivity index (χ3n) is 4.44. The van der Waals surface area contributed by atoms with Crippen LogP contribution in [0.5, 0.6) is 0 Å². The van der Waals surface area contributed by atoms with E-state index in [1.165, 1.54) is 5.56 Å². The molecule has 2 nitrogen and oxygen atoms in total. The van der Waals surface area contributed by atoms with E-state index in [9.17, 15) is 4.39 Å². The molecular formula is C17H27FN2. The Balaban J connectivity index is 2.46. The van der Waals surface area contributed by atoms with E-state index in [0.717, 1.165) is 30.8 Å². The molecule has 0 saturated carbocycles. The first kappa shape index (κ1) is 15.3. The van der Waals surface area contributed by atoms with E-state index in [1.807, 2.05) is 6.92 Å². The monoisotopic (exact) mass is 278 g/mol. The maximum absolute atomic E-state index is 14.3. The third-order valence-corrected chi connectivity index (χ3v) is 4.44. The Morgan fingerprint density at radius 2 is 2.05 bits per heavy atom. The van der Waals surface area contributed by atoms with Gasteiger partial charge in [-0.15, -0.1) is 0 Å². The van der Waals surface area contributed by atoms with E-state index < -0.39 is 0 Å². The Morgan fingerprint density at radius 1 is 1.35 bits per heavy atom. The fourth-order valence-corrected chi connectivity index (χ4v) is 3.54. The molecule has 1 atom stereocenters. The van der Waals surface area contributed by atoms with Crippen molar-refractivity contribution >= 4 is 5.69 Å².